The lowest BCUT2D eigenvalue weighted by Crippen LogP contribution is -2.08. The summed E-state index contributed by atoms with van der Waals surface area (Å²) in [7, 11) is 0. The molecule has 10 aromatic rings. The van der Waals surface area contributed by atoms with E-state index in [0.29, 0.717) is 21.8 Å². The molecule has 0 amide bonds. The zero-order chi connectivity index (χ0) is 36.4. The van der Waals surface area contributed by atoms with Crippen LogP contribution in [0.25, 0.3) is 55.9 Å². The number of nitrogens with zero attached hydrogens (tertiary/aromatic N) is 6. The van der Waals surface area contributed by atoms with Crippen molar-refractivity contribution in [3.05, 3.63) is 169 Å². The summed E-state index contributed by atoms with van der Waals surface area (Å²) in [6.45, 7) is 0. The fourth-order valence-corrected chi connectivity index (χ4v) is 8.64. The quantitative estimate of drug-likeness (QED) is 0.152. The zero-order valence-corrected chi connectivity index (χ0v) is 30.9. The van der Waals surface area contributed by atoms with Crippen LogP contribution in [0.15, 0.2) is 169 Å². The minimum Gasteiger partial charge on any atom is -0.609 e. The molecule has 0 saturated carbocycles. The molecule has 0 aliphatic heterocycles. The van der Waals surface area contributed by atoms with Gasteiger partial charge in [-0.3, -0.25) is 18.8 Å². The molecule has 0 spiro atoms. The van der Waals surface area contributed by atoms with Gasteiger partial charge in [-0.15, -0.1) is 0 Å². The van der Waals surface area contributed by atoms with E-state index in [1.807, 2.05) is 143 Å². The van der Waals surface area contributed by atoms with Crippen molar-refractivity contribution < 1.29 is 14.6 Å². The minimum atomic E-state index is -1.28. The summed E-state index contributed by atoms with van der Waals surface area (Å²) in [5.74, 6) is 0.713. The second-order valence-electron chi connectivity index (χ2n) is 12.6. The van der Waals surface area contributed by atoms with Gasteiger partial charge in [0.05, 0.1) is 45.8 Å². The van der Waals surface area contributed by atoms with Crippen LogP contribution in [0.1, 0.15) is 11.1 Å². The number of nitrogens with one attached hydrogen (secondary N) is 2. The fraction of sp³-hybridized carbons (Fsp3) is 0.0476. The Balaban J connectivity index is 0.000000153. The Morgan fingerprint density at radius 3 is 1.31 bits per heavy atom. The predicted molar refractivity (Wildman–Crippen MR) is 217 cm³/mol. The molecule has 0 fully saturated rings. The number of benzene rings is 4. The third-order valence-electron chi connectivity index (χ3n) is 9.11. The first-order chi connectivity index (χ1) is 26.6. The van der Waals surface area contributed by atoms with Gasteiger partial charge in [0.2, 0.25) is 0 Å². The van der Waals surface area contributed by atoms with Crippen molar-refractivity contribution in [2.75, 3.05) is 0 Å². The van der Waals surface area contributed by atoms with E-state index in [2.05, 4.69) is 54.2 Å². The molecule has 272 valence electrons. The van der Waals surface area contributed by atoms with Crippen LogP contribution in [0.4, 0.5) is 0 Å². The number of imidazole rings is 4. The van der Waals surface area contributed by atoms with Gasteiger partial charge in [-0.05, 0) is 48.5 Å². The van der Waals surface area contributed by atoms with Crippen molar-refractivity contribution in [1.82, 2.24) is 38.7 Å². The first-order valence-electron chi connectivity index (χ1n) is 17.3. The average molecular weight is 763 g/mol. The first-order valence-corrected chi connectivity index (χ1v) is 19.9. The van der Waals surface area contributed by atoms with Gasteiger partial charge < -0.3 is 14.6 Å². The number of rotatable bonds is 8. The van der Waals surface area contributed by atoms with Crippen molar-refractivity contribution in [1.29, 1.82) is 0 Å². The Morgan fingerprint density at radius 1 is 0.491 bits per heavy atom. The van der Waals surface area contributed by atoms with E-state index < -0.39 is 22.4 Å². The molecule has 2 unspecified atom stereocenters. The maximum atomic E-state index is 12.9. The largest absolute Gasteiger partial charge is 0.609 e. The number of hydrogen-bond acceptors (Lipinski definition) is 6. The normalized spacial score (nSPS) is 12.4. The van der Waals surface area contributed by atoms with Crippen LogP contribution in [0.5, 0.6) is 0 Å². The maximum Gasteiger partial charge on any atom is 0.321 e. The van der Waals surface area contributed by atoms with Crippen LogP contribution < -0.4 is 0 Å². The number of aromatic nitrogens is 8. The van der Waals surface area contributed by atoms with Gasteiger partial charge in [0.25, 0.3) is 0 Å². The molecule has 0 aliphatic carbocycles. The number of H-pyrrole nitrogens is 2. The Morgan fingerprint density at radius 2 is 0.891 bits per heavy atom. The molecule has 11 nitrogen and oxygen atoms in total. The molecule has 13 heteroatoms. The van der Waals surface area contributed by atoms with Gasteiger partial charge in [-0.1, -0.05) is 84.9 Å². The zero-order valence-electron chi connectivity index (χ0n) is 29.2. The molecular weight excluding hydrogens is 729 g/mol. The Labute approximate surface area is 321 Å². The number of para-hydroxylation sites is 4. The summed E-state index contributed by atoms with van der Waals surface area (Å²) in [4.78, 5) is 24.4. The Hall–Kier alpha value is -6.22. The highest BCUT2D eigenvalue weighted by molar-refractivity contribution is 7.90. The SMILES string of the molecule is O.[O-][S+](Cc1cccn2c(-c3ccccc3)cnc12)c1nc2ccccc2[nH]1.[O-][S+](Cc1cccn2c(-c3ccccc3)cnc12)c1nc2ccccc2[nH]1. The molecule has 0 aliphatic rings. The second kappa shape index (κ2) is 15.6. The molecule has 0 radical (unpaired) electrons. The van der Waals surface area contributed by atoms with Crippen LogP contribution in [0.3, 0.4) is 0 Å². The average Bonchev–Trinajstić information content (AvgIpc) is 4.04. The van der Waals surface area contributed by atoms with E-state index >= 15 is 0 Å². The number of hydrogen-bond donors (Lipinski definition) is 2. The van der Waals surface area contributed by atoms with Crippen LogP contribution >= 0.6 is 0 Å². The summed E-state index contributed by atoms with van der Waals surface area (Å²) in [6, 6.07) is 43.5. The van der Waals surface area contributed by atoms with Crippen molar-refractivity contribution in [2.24, 2.45) is 0 Å². The number of fused-ring (bicyclic) bond motifs is 4. The van der Waals surface area contributed by atoms with Crippen LogP contribution in [0.2, 0.25) is 0 Å². The number of pyridine rings is 2. The lowest BCUT2D eigenvalue weighted by molar-refractivity contribution is 0.587. The standard InChI is InChI=1S/2C21H16N4OS.H2O/c2*26-27(21-23-17-10-4-5-11-18(17)24-21)14-16-9-6-12-25-19(13-22-20(16)25)15-7-2-1-3-8-15;/h2*1-13H,14H2,(H,23,24);1H2. The van der Waals surface area contributed by atoms with Gasteiger partial charge in [-0.25, -0.2) is 9.97 Å². The molecular formula is C42H34N8O3S2. The molecule has 2 atom stereocenters. The van der Waals surface area contributed by atoms with Gasteiger partial charge in [0, 0.05) is 57.0 Å². The summed E-state index contributed by atoms with van der Waals surface area (Å²) < 4.78 is 29.9. The molecule has 0 bridgehead atoms. The monoisotopic (exact) mass is 762 g/mol. The van der Waals surface area contributed by atoms with Gasteiger partial charge in [0.15, 0.2) is 0 Å². The summed E-state index contributed by atoms with van der Waals surface area (Å²) in [5.41, 5.74) is 11.2. The predicted octanol–water partition coefficient (Wildman–Crippen LogP) is 7.55. The van der Waals surface area contributed by atoms with Crippen LogP contribution in [0, 0.1) is 0 Å². The van der Waals surface area contributed by atoms with E-state index in [1.165, 1.54) is 0 Å². The van der Waals surface area contributed by atoms with Crippen molar-refractivity contribution in [3.63, 3.8) is 0 Å². The smallest absolute Gasteiger partial charge is 0.321 e. The highest BCUT2D eigenvalue weighted by Gasteiger charge is 2.21. The Bertz CT molecular complexity index is 2590. The van der Waals surface area contributed by atoms with Crippen LogP contribution in [-0.2, 0) is 33.9 Å². The minimum absolute atomic E-state index is 0. The highest BCUT2D eigenvalue weighted by atomic mass is 32.2. The van der Waals surface area contributed by atoms with Crippen molar-refractivity contribution in [2.45, 2.75) is 21.8 Å². The van der Waals surface area contributed by atoms with Gasteiger partial charge >= 0.3 is 10.3 Å². The van der Waals surface area contributed by atoms with Gasteiger partial charge in [-0.2, -0.15) is 9.97 Å². The molecule has 55 heavy (non-hydrogen) atoms. The molecule has 4 N–H and O–H groups in total. The third kappa shape index (κ3) is 7.22. The molecule has 6 aromatic heterocycles. The summed E-state index contributed by atoms with van der Waals surface area (Å²) >= 11 is -2.56. The fourth-order valence-electron chi connectivity index (χ4n) is 6.50. The molecule has 4 aromatic carbocycles. The number of aromatic amines is 2. The molecule has 6 heterocycles. The molecule has 0 saturated heterocycles. The topological polar surface area (TPSA) is 170 Å². The second-order valence-corrected chi connectivity index (χ2v) is 15.3. The van der Waals surface area contributed by atoms with E-state index in [9.17, 15) is 9.11 Å². The van der Waals surface area contributed by atoms with Gasteiger partial charge in [0.1, 0.15) is 22.8 Å². The molecule has 10 rings (SSSR count). The third-order valence-corrected chi connectivity index (χ3v) is 11.5. The van der Waals surface area contributed by atoms with E-state index in [0.717, 1.165) is 67.0 Å². The lowest BCUT2D eigenvalue weighted by Gasteiger charge is -2.09. The van der Waals surface area contributed by atoms with E-state index in [-0.39, 0.29) is 5.48 Å². The first kappa shape index (κ1) is 35.8. The summed E-state index contributed by atoms with van der Waals surface area (Å²) in [5, 5.41) is 0.987. The van der Waals surface area contributed by atoms with Crippen LogP contribution in [-0.4, -0.2) is 53.3 Å². The lowest BCUT2D eigenvalue weighted by atomic mass is 10.2. The highest BCUT2D eigenvalue weighted by Crippen LogP contribution is 2.27. The van der Waals surface area contributed by atoms with Crippen molar-refractivity contribution in [3.8, 4) is 22.5 Å². The van der Waals surface area contributed by atoms with E-state index in [4.69, 9.17) is 0 Å². The van der Waals surface area contributed by atoms with E-state index in [1.54, 1.807) is 0 Å². The van der Waals surface area contributed by atoms with Crippen molar-refractivity contribution >= 4 is 55.7 Å². The Kier molecular flexibility index (Phi) is 10.2. The summed E-state index contributed by atoms with van der Waals surface area (Å²) in [6.07, 6.45) is 7.69. The maximum absolute atomic E-state index is 12.9.